The summed E-state index contributed by atoms with van der Waals surface area (Å²) in [6.45, 7) is 3.69. The highest BCUT2D eigenvalue weighted by atomic mass is 35.5. The van der Waals surface area contributed by atoms with Gasteiger partial charge in [0.05, 0.1) is 22.2 Å². The molecule has 1 atom stereocenters. The van der Waals surface area contributed by atoms with Crippen molar-refractivity contribution >= 4 is 34.8 Å². The largest absolute Gasteiger partial charge is 0.416 e. The summed E-state index contributed by atoms with van der Waals surface area (Å²) < 4.78 is 38.7. The molecule has 1 aromatic heterocycles. The molecule has 3 rings (SSSR count). The molecule has 2 aromatic rings. The van der Waals surface area contributed by atoms with E-state index >= 15 is 0 Å². The Morgan fingerprint density at radius 2 is 2.00 bits per heavy atom. The zero-order chi connectivity index (χ0) is 23.6. The third-order valence-electron chi connectivity index (χ3n) is 5.37. The molecule has 32 heavy (non-hydrogen) atoms. The first kappa shape index (κ1) is 23.6. The Morgan fingerprint density at radius 1 is 1.28 bits per heavy atom. The van der Waals surface area contributed by atoms with E-state index in [0.29, 0.717) is 34.9 Å². The van der Waals surface area contributed by atoms with E-state index in [4.69, 9.17) is 17.3 Å². The third kappa shape index (κ3) is 5.21. The van der Waals surface area contributed by atoms with Crippen LogP contribution in [-0.2, 0) is 11.0 Å². The molecule has 0 bridgehead atoms. The summed E-state index contributed by atoms with van der Waals surface area (Å²) in [4.78, 5) is 29.8. The Labute approximate surface area is 188 Å². The summed E-state index contributed by atoms with van der Waals surface area (Å²) in [5.74, 6) is -0.986. The molecule has 3 N–H and O–H groups in total. The highest BCUT2D eigenvalue weighted by Crippen LogP contribution is 2.33. The number of primary amides is 1. The van der Waals surface area contributed by atoms with Crippen molar-refractivity contribution in [2.75, 3.05) is 18.4 Å². The fraction of sp³-hybridized carbons (Fsp3) is 0.318. The number of carbonyl (C=O) groups excluding carboxylic acids is 2. The first-order valence-electron chi connectivity index (χ1n) is 9.85. The predicted molar refractivity (Wildman–Crippen MR) is 116 cm³/mol. The van der Waals surface area contributed by atoms with Gasteiger partial charge in [0.1, 0.15) is 0 Å². The van der Waals surface area contributed by atoms with Gasteiger partial charge in [-0.2, -0.15) is 13.2 Å². The van der Waals surface area contributed by atoms with E-state index in [2.05, 4.69) is 10.3 Å². The Bertz CT molecular complexity index is 1090. The van der Waals surface area contributed by atoms with E-state index in [9.17, 15) is 22.8 Å². The summed E-state index contributed by atoms with van der Waals surface area (Å²) >= 11 is 6.35. The van der Waals surface area contributed by atoms with E-state index in [1.165, 1.54) is 24.0 Å². The van der Waals surface area contributed by atoms with Gasteiger partial charge < -0.3 is 16.0 Å². The third-order valence-corrected chi connectivity index (χ3v) is 5.66. The number of anilines is 1. The minimum absolute atomic E-state index is 0.0333. The number of alkyl halides is 3. The lowest BCUT2D eigenvalue weighted by Crippen LogP contribution is -2.38. The molecule has 1 aliphatic rings. The summed E-state index contributed by atoms with van der Waals surface area (Å²) in [6, 6.07) is 4.73. The smallest absolute Gasteiger partial charge is 0.369 e. The zero-order valence-electron chi connectivity index (χ0n) is 17.5. The van der Waals surface area contributed by atoms with Crippen LogP contribution < -0.4 is 11.1 Å². The number of carbonyl (C=O) groups is 2. The van der Waals surface area contributed by atoms with Crippen molar-refractivity contribution in [3.63, 3.8) is 0 Å². The van der Waals surface area contributed by atoms with Gasteiger partial charge in [-0.05, 0) is 61.2 Å². The SMILES string of the molecule is Cc1cc(NC(=O)N2CC=C(c3ncc(C(C)C(N)=O)cc3Cl)CC2)ccc1C(F)(F)F. The van der Waals surface area contributed by atoms with Crippen molar-refractivity contribution in [3.05, 3.63) is 63.9 Å². The van der Waals surface area contributed by atoms with Crippen molar-refractivity contribution in [1.82, 2.24) is 9.88 Å². The Morgan fingerprint density at radius 3 is 2.53 bits per heavy atom. The number of aromatic nitrogens is 1. The van der Waals surface area contributed by atoms with Crippen LogP contribution in [0.5, 0.6) is 0 Å². The van der Waals surface area contributed by atoms with Gasteiger partial charge in [0.25, 0.3) is 0 Å². The fourth-order valence-corrected chi connectivity index (χ4v) is 3.72. The van der Waals surface area contributed by atoms with Crippen LogP contribution in [0.1, 0.15) is 41.6 Å². The van der Waals surface area contributed by atoms with Gasteiger partial charge in [0, 0.05) is 25.0 Å². The van der Waals surface area contributed by atoms with Crippen LogP contribution in [-0.4, -0.2) is 34.9 Å². The molecule has 1 aromatic carbocycles. The Hall–Kier alpha value is -3.07. The molecule has 6 nitrogen and oxygen atoms in total. The number of nitrogens with zero attached hydrogens (tertiary/aromatic N) is 2. The van der Waals surface area contributed by atoms with E-state index in [1.54, 1.807) is 19.2 Å². The van der Waals surface area contributed by atoms with Crippen molar-refractivity contribution in [1.29, 1.82) is 0 Å². The van der Waals surface area contributed by atoms with Crippen LogP contribution in [0.15, 0.2) is 36.5 Å². The molecular weight excluding hydrogens is 445 g/mol. The molecule has 2 heterocycles. The number of hydrogen-bond acceptors (Lipinski definition) is 3. The monoisotopic (exact) mass is 466 g/mol. The van der Waals surface area contributed by atoms with Crippen LogP contribution in [0.2, 0.25) is 5.02 Å². The highest BCUT2D eigenvalue weighted by molar-refractivity contribution is 6.32. The van der Waals surface area contributed by atoms with Crippen LogP contribution in [0.3, 0.4) is 0 Å². The topological polar surface area (TPSA) is 88.3 Å². The van der Waals surface area contributed by atoms with Crippen LogP contribution in [0.4, 0.5) is 23.7 Å². The number of halogens is 4. The predicted octanol–water partition coefficient (Wildman–Crippen LogP) is 4.97. The zero-order valence-corrected chi connectivity index (χ0v) is 18.2. The van der Waals surface area contributed by atoms with Crippen LogP contribution in [0, 0.1) is 6.92 Å². The number of rotatable bonds is 4. The lowest BCUT2D eigenvalue weighted by Gasteiger charge is -2.27. The average molecular weight is 467 g/mol. The fourth-order valence-electron chi connectivity index (χ4n) is 3.42. The van der Waals surface area contributed by atoms with Gasteiger partial charge in [0.2, 0.25) is 5.91 Å². The quantitative estimate of drug-likeness (QED) is 0.666. The Kier molecular flexibility index (Phi) is 6.78. The second kappa shape index (κ2) is 9.20. The number of amides is 3. The lowest BCUT2D eigenvalue weighted by molar-refractivity contribution is -0.138. The average Bonchev–Trinajstić information content (AvgIpc) is 2.72. The summed E-state index contributed by atoms with van der Waals surface area (Å²) in [6.07, 6.45) is -0.557. The van der Waals surface area contributed by atoms with Gasteiger partial charge in [-0.3, -0.25) is 9.78 Å². The van der Waals surface area contributed by atoms with Gasteiger partial charge in [-0.1, -0.05) is 17.7 Å². The Balaban J connectivity index is 1.67. The number of benzene rings is 1. The standard InChI is InChI=1S/C22H22ClF3N4O2/c1-12-9-16(3-4-17(12)22(24,25)26)29-21(32)30-7-5-14(6-8-30)19-18(23)10-15(11-28-19)13(2)20(27)31/h3-5,9-11,13H,6-8H2,1-2H3,(H2,27,31)(H,29,32). The minimum atomic E-state index is -4.44. The number of pyridine rings is 1. The molecule has 0 fully saturated rings. The van der Waals surface area contributed by atoms with Crippen LogP contribution >= 0.6 is 11.6 Å². The summed E-state index contributed by atoms with van der Waals surface area (Å²) in [5, 5.41) is 3.02. The number of nitrogens with two attached hydrogens (primary N) is 1. The molecule has 0 spiro atoms. The number of nitrogens with one attached hydrogen (secondary N) is 1. The van der Waals surface area contributed by atoms with Crippen molar-refractivity contribution in [2.45, 2.75) is 32.4 Å². The number of hydrogen-bond donors (Lipinski definition) is 2. The van der Waals surface area contributed by atoms with Gasteiger partial charge >= 0.3 is 12.2 Å². The maximum absolute atomic E-state index is 12.9. The first-order chi connectivity index (χ1) is 15.0. The highest BCUT2D eigenvalue weighted by Gasteiger charge is 2.32. The van der Waals surface area contributed by atoms with Crippen LogP contribution in [0.25, 0.3) is 5.57 Å². The molecule has 170 valence electrons. The summed E-state index contributed by atoms with van der Waals surface area (Å²) in [5.41, 5.74) is 6.97. The van der Waals surface area contributed by atoms with Gasteiger partial charge in [-0.25, -0.2) is 4.79 Å². The van der Waals surface area contributed by atoms with Gasteiger partial charge in [0.15, 0.2) is 0 Å². The molecule has 10 heteroatoms. The molecular formula is C22H22ClF3N4O2. The summed E-state index contributed by atoms with van der Waals surface area (Å²) in [7, 11) is 0. The molecule has 0 saturated carbocycles. The number of aryl methyl sites for hydroxylation is 1. The molecule has 0 aliphatic carbocycles. The van der Waals surface area contributed by atoms with Crippen molar-refractivity contribution in [3.8, 4) is 0 Å². The maximum Gasteiger partial charge on any atom is 0.416 e. The number of urea groups is 1. The molecule has 1 aliphatic heterocycles. The molecule has 3 amide bonds. The second-order valence-electron chi connectivity index (χ2n) is 7.61. The second-order valence-corrected chi connectivity index (χ2v) is 8.01. The minimum Gasteiger partial charge on any atom is -0.369 e. The normalized spacial score (nSPS) is 15.2. The van der Waals surface area contributed by atoms with E-state index < -0.39 is 29.6 Å². The van der Waals surface area contributed by atoms with E-state index in [-0.39, 0.29) is 12.1 Å². The molecule has 0 saturated heterocycles. The first-order valence-corrected chi connectivity index (χ1v) is 10.2. The molecule has 0 radical (unpaired) electrons. The van der Waals surface area contributed by atoms with E-state index in [0.717, 1.165) is 11.6 Å². The molecule has 1 unspecified atom stereocenters. The van der Waals surface area contributed by atoms with E-state index in [1.807, 2.05) is 6.08 Å². The van der Waals surface area contributed by atoms with Gasteiger partial charge in [-0.15, -0.1) is 0 Å². The lowest BCUT2D eigenvalue weighted by atomic mass is 9.99. The maximum atomic E-state index is 12.9. The van der Waals surface area contributed by atoms with Crippen molar-refractivity contribution in [2.24, 2.45) is 5.73 Å². The van der Waals surface area contributed by atoms with Crippen molar-refractivity contribution < 1.29 is 22.8 Å².